The second-order valence-electron chi connectivity index (χ2n) is 7.06. The normalized spacial score (nSPS) is 16.3. The molecule has 144 valence electrons. The van der Waals surface area contributed by atoms with E-state index in [4.69, 9.17) is 0 Å². The van der Waals surface area contributed by atoms with Crippen LogP contribution in [-0.2, 0) is 16.0 Å². The Labute approximate surface area is 163 Å². The molecule has 6 heteroatoms. The molecule has 1 aromatic carbocycles. The second-order valence-corrected chi connectivity index (χ2v) is 8.06. The summed E-state index contributed by atoms with van der Waals surface area (Å²) < 4.78 is 13.4. The van der Waals surface area contributed by atoms with Crippen LogP contribution in [0.25, 0.3) is 0 Å². The zero-order chi connectivity index (χ0) is 19.6. The van der Waals surface area contributed by atoms with E-state index in [9.17, 15) is 14.0 Å². The van der Waals surface area contributed by atoms with E-state index in [-0.39, 0.29) is 36.3 Å². The minimum atomic E-state index is -0.294. The third-order valence-corrected chi connectivity index (χ3v) is 6.02. The van der Waals surface area contributed by atoms with Crippen molar-refractivity contribution in [2.75, 3.05) is 13.1 Å². The van der Waals surface area contributed by atoms with Crippen LogP contribution in [0.3, 0.4) is 0 Å². The zero-order valence-corrected chi connectivity index (χ0v) is 16.8. The highest BCUT2D eigenvalue weighted by molar-refractivity contribution is 7.10. The number of hydrogen-bond donors (Lipinski definition) is 0. The summed E-state index contributed by atoms with van der Waals surface area (Å²) in [6, 6.07) is 8.12. The number of carbonyl (C=O) groups excluding carboxylic acids is 2. The maximum Gasteiger partial charge on any atom is 0.243 e. The minimum Gasteiger partial charge on any atom is -0.331 e. The molecule has 4 nitrogen and oxygen atoms in total. The summed E-state index contributed by atoms with van der Waals surface area (Å²) in [6.45, 7) is 6.32. The van der Waals surface area contributed by atoms with Crippen LogP contribution in [0.4, 0.5) is 4.39 Å². The van der Waals surface area contributed by atoms with Gasteiger partial charge in [0.2, 0.25) is 11.8 Å². The lowest BCUT2D eigenvalue weighted by Gasteiger charge is -2.38. The number of thiophene rings is 1. The Morgan fingerprint density at radius 2 is 1.96 bits per heavy atom. The fourth-order valence-corrected chi connectivity index (χ4v) is 4.49. The van der Waals surface area contributed by atoms with Crippen LogP contribution in [0.1, 0.15) is 49.2 Å². The quantitative estimate of drug-likeness (QED) is 0.777. The van der Waals surface area contributed by atoms with Crippen molar-refractivity contribution in [2.45, 2.75) is 45.7 Å². The average Bonchev–Trinajstić information content (AvgIpc) is 3.13. The lowest BCUT2D eigenvalue weighted by atomic mass is 9.93. The summed E-state index contributed by atoms with van der Waals surface area (Å²) in [5.41, 5.74) is 1.99. The van der Waals surface area contributed by atoms with Crippen LogP contribution in [0, 0.1) is 5.82 Å². The SMILES string of the molecule is CCC(=O)N(CC(=O)N1CCc2sccc2[C@@H]1c1ccc(F)cc1)C(C)C. The van der Waals surface area contributed by atoms with Gasteiger partial charge in [-0.25, -0.2) is 4.39 Å². The Morgan fingerprint density at radius 1 is 1.26 bits per heavy atom. The topological polar surface area (TPSA) is 40.6 Å². The first-order valence-corrected chi connectivity index (χ1v) is 10.2. The van der Waals surface area contributed by atoms with Crippen molar-refractivity contribution in [2.24, 2.45) is 0 Å². The standard InChI is InChI=1S/C21H25FN2O2S/c1-4-19(25)24(14(2)3)13-20(26)23-11-9-18-17(10-12-27-18)21(23)15-5-7-16(22)8-6-15/h5-8,10,12,14,21H,4,9,11,13H2,1-3H3/t21-/m0/s1. The van der Waals surface area contributed by atoms with Gasteiger partial charge in [-0.1, -0.05) is 19.1 Å². The summed E-state index contributed by atoms with van der Waals surface area (Å²) in [6.07, 6.45) is 1.18. The molecule has 0 bridgehead atoms. The molecule has 2 heterocycles. The molecule has 0 saturated carbocycles. The summed E-state index contributed by atoms with van der Waals surface area (Å²) >= 11 is 1.69. The molecule has 0 radical (unpaired) electrons. The molecule has 3 rings (SSSR count). The maximum atomic E-state index is 13.4. The summed E-state index contributed by atoms with van der Waals surface area (Å²) in [5, 5.41) is 2.04. The number of hydrogen-bond acceptors (Lipinski definition) is 3. The van der Waals surface area contributed by atoms with Crippen molar-refractivity contribution in [1.29, 1.82) is 0 Å². The smallest absolute Gasteiger partial charge is 0.243 e. The van der Waals surface area contributed by atoms with E-state index in [1.165, 1.54) is 17.0 Å². The van der Waals surface area contributed by atoms with E-state index < -0.39 is 0 Å². The molecule has 0 aliphatic carbocycles. The molecule has 1 atom stereocenters. The molecule has 27 heavy (non-hydrogen) atoms. The van der Waals surface area contributed by atoms with Gasteiger partial charge >= 0.3 is 0 Å². The number of carbonyl (C=O) groups is 2. The largest absolute Gasteiger partial charge is 0.331 e. The van der Waals surface area contributed by atoms with Crippen LogP contribution in [-0.4, -0.2) is 40.7 Å². The van der Waals surface area contributed by atoms with Crippen LogP contribution in [0.2, 0.25) is 0 Å². The van der Waals surface area contributed by atoms with Gasteiger partial charge in [-0.2, -0.15) is 0 Å². The average molecular weight is 389 g/mol. The van der Waals surface area contributed by atoms with E-state index in [2.05, 4.69) is 0 Å². The summed E-state index contributed by atoms with van der Waals surface area (Å²) in [7, 11) is 0. The molecular formula is C21H25FN2O2S. The van der Waals surface area contributed by atoms with E-state index in [1.807, 2.05) is 37.1 Å². The van der Waals surface area contributed by atoms with Crippen molar-refractivity contribution >= 4 is 23.2 Å². The van der Waals surface area contributed by atoms with Gasteiger partial charge in [0, 0.05) is 23.9 Å². The molecule has 1 aliphatic rings. The summed E-state index contributed by atoms with van der Waals surface area (Å²) in [4.78, 5) is 30.1. The van der Waals surface area contributed by atoms with Gasteiger partial charge in [0.1, 0.15) is 12.4 Å². The van der Waals surface area contributed by atoms with Gasteiger partial charge in [0.15, 0.2) is 0 Å². The monoisotopic (exact) mass is 388 g/mol. The lowest BCUT2D eigenvalue weighted by molar-refractivity contribution is -0.143. The van der Waals surface area contributed by atoms with Crippen molar-refractivity contribution in [3.63, 3.8) is 0 Å². The Kier molecular flexibility index (Phi) is 5.95. The fraction of sp³-hybridized carbons (Fsp3) is 0.429. The van der Waals surface area contributed by atoms with Gasteiger partial charge in [0.05, 0.1) is 6.04 Å². The molecule has 0 fully saturated rings. The Balaban J connectivity index is 1.91. The highest BCUT2D eigenvalue weighted by atomic mass is 32.1. The third-order valence-electron chi connectivity index (χ3n) is 5.02. The molecule has 2 amide bonds. The van der Waals surface area contributed by atoms with Crippen LogP contribution in [0.5, 0.6) is 0 Å². The number of rotatable bonds is 5. The number of halogens is 1. The van der Waals surface area contributed by atoms with Crippen LogP contribution < -0.4 is 0 Å². The predicted molar refractivity (Wildman–Crippen MR) is 105 cm³/mol. The van der Waals surface area contributed by atoms with Crippen LogP contribution >= 0.6 is 11.3 Å². The summed E-state index contributed by atoms with van der Waals surface area (Å²) in [5.74, 6) is -0.390. The Morgan fingerprint density at radius 3 is 2.59 bits per heavy atom. The number of amides is 2. The highest BCUT2D eigenvalue weighted by Crippen LogP contribution is 2.37. The van der Waals surface area contributed by atoms with Crippen molar-refractivity contribution in [3.8, 4) is 0 Å². The lowest BCUT2D eigenvalue weighted by Crippen LogP contribution is -2.48. The van der Waals surface area contributed by atoms with E-state index in [0.29, 0.717) is 13.0 Å². The van der Waals surface area contributed by atoms with Gasteiger partial charge in [-0.15, -0.1) is 11.3 Å². The first kappa shape index (κ1) is 19.5. The van der Waals surface area contributed by atoms with Crippen molar-refractivity contribution in [3.05, 3.63) is 57.5 Å². The maximum absolute atomic E-state index is 13.4. The molecule has 0 spiro atoms. The third kappa shape index (κ3) is 4.05. The number of benzene rings is 1. The van der Waals surface area contributed by atoms with Crippen molar-refractivity contribution in [1.82, 2.24) is 9.80 Å². The molecule has 2 aromatic rings. The van der Waals surface area contributed by atoms with Gasteiger partial charge in [0.25, 0.3) is 0 Å². The first-order valence-electron chi connectivity index (χ1n) is 9.33. The first-order chi connectivity index (χ1) is 12.9. The number of fused-ring (bicyclic) bond motifs is 1. The molecular weight excluding hydrogens is 363 g/mol. The van der Waals surface area contributed by atoms with E-state index >= 15 is 0 Å². The Hall–Kier alpha value is -2.21. The van der Waals surface area contributed by atoms with Crippen molar-refractivity contribution < 1.29 is 14.0 Å². The fourth-order valence-electron chi connectivity index (χ4n) is 3.59. The zero-order valence-electron chi connectivity index (χ0n) is 15.9. The molecule has 0 N–H and O–H groups in total. The van der Waals surface area contributed by atoms with E-state index in [1.54, 1.807) is 28.4 Å². The van der Waals surface area contributed by atoms with Gasteiger partial charge in [-0.3, -0.25) is 9.59 Å². The minimum absolute atomic E-state index is 0.0232. The molecule has 1 aliphatic heterocycles. The van der Waals surface area contributed by atoms with Gasteiger partial charge < -0.3 is 9.80 Å². The second kappa shape index (κ2) is 8.21. The molecule has 0 saturated heterocycles. The molecule has 1 aromatic heterocycles. The molecule has 0 unspecified atom stereocenters. The van der Waals surface area contributed by atoms with E-state index in [0.717, 1.165) is 17.5 Å². The number of nitrogens with zero attached hydrogens (tertiary/aromatic N) is 2. The highest BCUT2D eigenvalue weighted by Gasteiger charge is 2.34. The Bertz CT molecular complexity index is 816. The van der Waals surface area contributed by atoms with Gasteiger partial charge in [-0.05, 0) is 55.0 Å². The van der Waals surface area contributed by atoms with Crippen LogP contribution in [0.15, 0.2) is 35.7 Å². The predicted octanol–water partition coefficient (Wildman–Crippen LogP) is 4.01.